The van der Waals surface area contributed by atoms with Gasteiger partial charge in [-0.2, -0.15) is 0 Å². The van der Waals surface area contributed by atoms with Gasteiger partial charge in [-0.25, -0.2) is 10.0 Å². The first-order valence-electron chi connectivity index (χ1n) is 15.6. The number of piperazine rings is 1. The third-order valence-corrected chi connectivity index (χ3v) is 8.70. The average Bonchev–Trinajstić information content (AvgIpc) is 3.00. The monoisotopic (exact) mass is 632 g/mol. The average molecular weight is 634 g/mol. The van der Waals surface area contributed by atoms with E-state index in [1.165, 1.54) is 5.56 Å². The fraction of sp³-hybridized carbons (Fsp3) is 0.576. The summed E-state index contributed by atoms with van der Waals surface area (Å²) in [6.07, 6.45) is 3.08. The summed E-state index contributed by atoms with van der Waals surface area (Å²) < 4.78 is 0. The molecular weight excluding hydrogens is 583 g/mol. The molecule has 2 saturated heterocycles. The molecule has 43 heavy (non-hydrogen) atoms. The van der Waals surface area contributed by atoms with E-state index in [1.807, 2.05) is 47.4 Å². The molecule has 0 bridgehead atoms. The second-order valence-electron chi connectivity index (χ2n) is 12.0. The van der Waals surface area contributed by atoms with Crippen LogP contribution in [0.1, 0.15) is 57.2 Å². The first-order chi connectivity index (χ1) is 20.6. The Balaban J connectivity index is 0.000000480. The number of likely N-dealkylation sites (N-methyl/N-ethyl adjacent to an activating group) is 1. The Hall–Kier alpha value is -2.20. The molecule has 2 aromatic rings. The van der Waals surface area contributed by atoms with Gasteiger partial charge in [-0.1, -0.05) is 74.3 Å². The van der Waals surface area contributed by atoms with Crippen molar-refractivity contribution >= 4 is 35.0 Å². The van der Waals surface area contributed by atoms with Gasteiger partial charge in [-0.05, 0) is 61.6 Å². The highest BCUT2D eigenvalue weighted by Crippen LogP contribution is 2.23. The topological polar surface area (TPSA) is 85.1 Å². The maximum atomic E-state index is 12.7. The zero-order chi connectivity index (χ0) is 31.4. The predicted octanol–water partition coefficient (Wildman–Crippen LogP) is 4.86. The molecule has 0 radical (unpaired) electrons. The Labute approximate surface area is 268 Å². The van der Waals surface area contributed by atoms with Crippen LogP contribution in [0.4, 0.5) is 0 Å². The van der Waals surface area contributed by atoms with E-state index in [-0.39, 0.29) is 24.8 Å². The number of likely N-dealkylation sites (tertiary alicyclic amines) is 1. The molecule has 10 heteroatoms. The number of carbonyl (C=O) groups excluding carboxylic acids is 2. The fourth-order valence-electron chi connectivity index (χ4n) is 5.50. The standard InChI is InChI=1S/C25H41ClN6O2.C8H9Cl/c1-19(2)18-32(31-14-12-29(3)13-15-31)20-8-10-30(11-9-20)25(34)17-28-24(33)16-23(27)21-6-4-5-7-22(21)26;1-2-7-3-5-8(9)6-4-7/h4-7,19-20,23H,8-18,27H2,1-3H3,(H,28,33);3-6H,2H2,1H3. The number of carbonyl (C=O) groups is 2. The van der Waals surface area contributed by atoms with E-state index in [0.29, 0.717) is 17.0 Å². The molecule has 2 amide bonds. The van der Waals surface area contributed by atoms with E-state index in [9.17, 15) is 9.59 Å². The van der Waals surface area contributed by atoms with Crippen molar-refractivity contribution < 1.29 is 9.59 Å². The number of rotatable bonds is 10. The molecule has 2 fully saturated rings. The summed E-state index contributed by atoms with van der Waals surface area (Å²) in [6.45, 7) is 13.5. The van der Waals surface area contributed by atoms with Crippen LogP contribution in [-0.2, 0) is 16.0 Å². The Bertz CT molecular complexity index is 1130. The summed E-state index contributed by atoms with van der Waals surface area (Å²) in [6, 6.07) is 15.1. The van der Waals surface area contributed by atoms with E-state index >= 15 is 0 Å². The van der Waals surface area contributed by atoms with Gasteiger partial charge >= 0.3 is 0 Å². The smallest absolute Gasteiger partial charge is 0.241 e. The Kier molecular flexibility index (Phi) is 14.7. The van der Waals surface area contributed by atoms with Crippen molar-refractivity contribution in [3.8, 4) is 0 Å². The van der Waals surface area contributed by atoms with Gasteiger partial charge in [0.2, 0.25) is 11.8 Å². The molecule has 2 aliphatic rings. The van der Waals surface area contributed by atoms with Crippen molar-refractivity contribution in [2.75, 3.05) is 59.4 Å². The fourth-order valence-corrected chi connectivity index (χ4v) is 5.90. The van der Waals surface area contributed by atoms with Crippen LogP contribution in [0.15, 0.2) is 48.5 Å². The molecule has 1 unspecified atom stereocenters. The minimum atomic E-state index is -0.499. The first kappa shape index (κ1) is 35.3. The number of amides is 2. The van der Waals surface area contributed by atoms with Gasteiger partial charge < -0.3 is 20.9 Å². The van der Waals surface area contributed by atoms with Crippen LogP contribution in [0.5, 0.6) is 0 Å². The number of nitrogens with zero attached hydrogens (tertiary/aromatic N) is 4. The summed E-state index contributed by atoms with van der Waals surface area (Å²) in [5.74, 6) is 0.314. The van der Waals surface area contributed by atoms with Gasteiger partial charge in [0.15, 0.2) is 0 Å². The van der Waals surface area contributed by atoms with Crippen molar-refractivity contribution in [3.63, 3.8) is 0 Å². The number of nitrogens with two attached hydrogens (primary N) is 1. The van der Waals surface area contributed by atoms with E-state index in [2.05, 4.69) is 48.1 Å². The summed E-state index contributed by atoms with van der Waals surface area (Å²) in [7, 11) is 2.18. The van der Waals surface area contributed by atoms with Crippen LogP contribution in [0, 0.1) is 5.92 Å². The lowest BCUT2D eigenvalue weighted by molar-refractivity contribution is -0.137. The normalized spacial score (nSPS) is 17.5. The highest BCUT2D eigenvalue weighted by Gasteiger charge is 2.31. The maximum Gasteiger partial charge on any atom is 0.241 e. The Morgan fingerprint density at radius 2 is 1.60 bits per heavy atom. The lowest BCUT2D eigenvalue weighted by Crippen LogP contribution is -2.59. The van der Waals surface area contributed by atoms with E-state index in [1.54, 1.807) is 6.07 Å². The number of hydrazine groups is 1. The van der Waals surface area contributed by atoms with E-state index in [0.717, 1.165) is 75.7 Å². The Morgan fingerprint density at radius 1 is 0.977 bits per heavy atom. The van der Waals surface area contributed by atoms with Crippen LogP contribution in [0.2, 0.25) is 10.0 Å². The molecule has 3 N–H and O–H groups in total. The number of hydrogen-bond acceptors (Lipinski definition) is 6. The van der Waals surface area contributed by atoms with Gasteiger partial charge in [0.05, 0.1) is 6.54 Å². The zero-order valence-corrected chi connectivity index (χ0v) is 27.8. The largest absolute Gasteiger partial charge is 0.347 e. The molecule has 0 aromatic heterocycles. The van der Waals surface area contributed by atoms with Gasteiger partial charge in [0, 0.05) is 74.4 Å². The molecule has 2 aliphatic heterocycles. The minimum Gasteiger partial charge on any atom is -0.347 e. The van der Waals surface area contributed by atoms with Crippen molar-refractivity contribution in [2.24, 2.45) is 11.7 Å². The highest BCUT2D eigenvalue weighted by atomic mass is 35.5. The number of benzene rings is 2. The molecule has 1 atom stereocenters. The van der Waals surface area contributed by atoms with Crippen molar-refractivity contribution in [1.82, 2.24) is 25.1 Å². The first-order valence-corrected chi connectivity index (χ1v) is 16.3. The number of nitrogens with one attached hydrogen (secondary N) is 1. The summed E-state index contributed by atoms with van der Waals surface area (Å²) >= 11 is 11.8. The van der Waals surface area contributed by atoms with Crippen LogP contribution >= 0.6 is 23.2 Å². The summed E-state index contributed by atoms with van der Waals surface area (Å²) in [5.41, 5.74) is 8.21. The van der Waals surface area contributed by atoms with Crippen LogP contribution in [-0.4, -0.2) is 97.1 Å². The number of piperidine rings is 1. The van der Waals surface area contributed by atoms with Crippen molar-refractivity contribution in [1.29, 1.82) is 0 Å². The van der Waals surface area contributed by atoms with Gasteiger partial charge in [0.1, 0.15) is 0 Å². The Morgan fingerprint density at radius 3 is 2.19 bits per heavy atom. The van der Waals surface area contributed by atoms with Crippen LogP contribution in [0.25, 0.3) is 0 Å². The molecule has 0 aliphatic carbocycles. The second kappa shape index (κ2) is 17.9. The molecule has 238 valence electrons. The minimum absolute atomic E-state index is 0.00686. The molecule has 4 rings (SSSR count). The zero-order valence-electron chi connectivity index (χ0n) is 26.3. The third kappa shape index (κ3) is 11.7. The lowest BCUT2D eigenvalue weighted by Gasteiger charge is -2.47. The number of halogens is 2. The van der Waals surface area contributed by atoms with Crippen molar-refractivity contribution in [2.45, 2.75) is 58.5 Å². The lowest BCUT2D eigenvalue weighted by atomic mass is 10.0. The molecular formula is C33H50Cl2N6O2. The molecule has 0 spiro atoms. The second-order valence-corrected chi connectivity index (χ2v) is 12.8. The van der Waals surface area contributed by atoms with Crippen LogP contribution in [0.3, 0.4) is 0 Å². The third-order valence-electron chi connectivity index (χ3n) is 8.10. The molecule has 8 nitrogen and oxygen atoms in total. The van der Waals surface area contributed by atoms with Crippen molar-refractivity contribution in [3.05, 3.63) is 69.7 Å². The molecule has 0 saturated carbocycles. The molecule has 2 aromatic carbocycles. The quantitative estimate of drug-likeness (QED) is 0.389. The predicted molar refractivity (Wildman–Crippen MR) is 177 cm³/mol. The number of aryl methyl sites for hydroxylation is 1. The van der Waals surface area contributed by atoms with Gasteiger partial charge in [-0.15, -0.1) is 0 Å². The maximum absolute atomic E-state index is 12.7. The number of hydrogen-bond donors (Lipinski definition) is 2. The van der Waals surface area contributed by atoms with Gasteiger partial charge in [0.25, 0.3) is 0 Å². The summed E-state index contributed by atoms with van der Waals surface area (Å²) in [5, 5.41) is 9.18. The van der Waals surface area contributed by atoms with E-state index in [4.69, 9.17) is 28.9 Å². The van der Waals surface area contributed by atoms with Gasteiger partial charge in [-0.3, -0.25) is 9.59 Å². The van der Waals surface area contributed by atoms with Crippen LogP contribution < -0.4 is 11.1 Å². The highest BCUT2D eigenvalue weighted by molar-refractivity contribution is 6.31. The summed E-state index contributed by atoms with van der Waals surface area (Å²) in [4.78, 5) is 29.3. The molecule has 2 heterocycles. The van der Waals surface area contributed by atoms with E-state index < -0.39 is 6.04 Å². The SMILES string of the molecule is CC(C)CN(C1CCN(C(=O)CNC(=O)CC(N)c2ccccc2Cl)CC1)N1CCN(C)CC1.CCc1ccc(Cl)cc1.